The SMILES string of the molecule is COc1cccc(C(NN)c2cnccn2)c1OC. The van der Waals surface area contributed by atoms with Crippen molar-refractivity contribution >= 4 is 0 Å². The summed E-state index contributed by atoms with van der Waals surface area (Å²) >= 11 is 0. The van der Waals surface area contributed by atoms with Crippen LogP contribution in [0.15, 0.2) is 36.8 Å². The van der Waals surface area contributed by atoms with E-state index in [-0.39, 0.29) is 6.04 Å². The third-order valence-electron chi connectivity index (χ3n) is 2.79. The lowest BCUT2D eigenvalue weighted by Crippen LogP contribution is -2.30. The van der Waals surface area contributed by atoms with Gasteiger partial charge < -0.3 is 9.47 Å². The molecule has 6 heteroatoms. The quantitative estimate of drug-likeness (QED) is 0.617. The van der Waals surface area contributed by atoms with Crippen molar-refractivity contribution < 1.29 is 9.47 Å². The fraction of sp³-hybridized carbons (Fsp3) is 0.231. The Bertz CT molecular complexity index is 533. The Morgan fingerprint density at radius 1 is 1.21 bits per heavy atom. The zero-order valence-corrected chi connectivity index (χ0v) is 10.8. The minimum atomic E-state index is -0.321. The summed E-state index contributed by atoms with van der Waals surface area (Å²) in [7, 11) is 3.18. The molecule has 1 heterocycles. The smallest absolute Gasteiger partial charge is 0.165 e. The predicted octanol–water partition coefficient (Wildman–Crippen LogP) is 1.05. The highest BCUT2D eigenvalue weighted by Crippen LogP contribution is 2.36. The number of nitrogens with zero attached hydrogens (tertiary/aromatic N) is 2. The number of para-hydroxylation sites is 1. The van der Waals surface area contributed by atoms with E-state index in [2.05, 4.69) is 15.4 Å². The van der Waals surface area contributed by atoms with E-state index in [1.165, 1.54) is 0 Å². The molecule has 100 valence electrons. The predicted molar refractivity (Wildman–Crippen MR) is 70.7 cm³/mol. The molecular weight excluding hydrogens is 244 g/mol. The first-order valence-corrected chi connectivity index (χ1v) is 5.74. The van der Waals surface area contributed by atoms with E-state index >= 15 is 0 Å². The number of rotatable bonds is 5. The van der Waals surface area contributed by atoms with Crippen LogP contribution in [-0.4, -0.2) is 24.2 Å². The normalized spacial score (nSPS) is 11.9. The van der Waals surface area contributed by atoms with Gasteiger partial charge in [-0.15, -0.1) is 0 Å². The first-order valence-electron chi connectivity index (χ1n) is 5.74. The first kappa shape index (κ1) is 13.3. The average Bonchev–Trinajstić information content (AvgIpc) is 2.48. The van der Waals surface area contributed by atoms with E-state index in [1.54, 1.807) is 32.8 Å². The van der Waals surface area contributed by atoms with Gasteiger partial charge in [-0.1, -0.05) is 12.1 Å². The fourth-order valence-electron chi connectivity index (χ4n) is 1.93. The maximum atomic E-state index is 5.64. The number of hydrazine groups is 1. The van der Waals surface area contributed by atoms with Crippen molar-refractivity contribution in [2.24, 2.45) is 5.84 Å². The molecule has 1 unspecified atom stereocenters. The van der Waals surface area contributed by atoms with E-state index in [0.717, 1.165) is 5.56 Å². The van der Waals surface area contributed by atoms with Crippen LogP contribution in [0.4, 0.5) is 0 Å². The van der Waals surface area contributed by atoms with Gasteiger partial charge in [-0.25, -0.2) is 5.43 Å². The molecule has 1 atom stereocenters. The van der Waals surface area contributed by atoms with Crippen LogP contribution < -0.4 is 20.7 Å². The van der Waals surface area contributed by atoms with Gasteiger partial charge in [0.2, 0.25) is 0 Å². The van der Waals surface area contributed by atoms with Crippen LogP contribution in [0.2, 0.25) is 0 Å². The number of hydrogen-bond donors (Lipinski definition) is 2. The van der Waals surface area contributed by atoms with Crippen molar-refractivity contribution in [1.82, 2.24) is 15.4 Å². The Kier molecular flexibility index (Phi) is 4.27. The van der Waals surface area contributed by atoms with E-state index in [1.807, 2.05) is 18.2 Å². The average molecular weight is 260 g/mol. The summed E-state index contributed by atoms with van der Waals surface area (Å²) in [5.74, 6) is 6.90. The summed E-state index contributed by atoms with van der Waals surface area (Å²) in [5, 5.41) is 0. The molecule has 19 heavy (non-hydrogen) atoms. The molecule has 2 rings (SSSR count). The van der Waals surface area contributed by atoms with Gasteiger partial charge in [-0.3, -0.25) is 15.8 Å². The first-order chi connectivity index (χ1) is 9.31. The number of nitrogens with two attached hydrogens (primary N) is 1. The summed E-state index contributed by atoms with van der Waals surface area (Å²) in [6.07, 6.45) is 4.88. The summed E-state index contributed by atoms with van der Waals surface area (Å²) < 4.78 is 10.7. The van der Waals surface area contributed by atoms with Crippen molar-refractivity contribution in [3.8, 4) is 11.5 Å². The molecular formula is C13H16N4O2. The van der Waals surface area contributed by atoms with Crippen LogP contribution in [0, 0.1) is 0 Å². The topological polar surface area (TPSA) is 82.3 Å². The van der Waals surface area contributed by atoms with Gasteiger partial charge in [0.1, 0.15) is 0 Å². The van der Waals surface area contributed by atoms with Gasteiger partial charge in [0.25, 0.3) is 0 Å². The fourth-order valence-corrected chi connectivity index (χ4v) is 1.93. The van der Waals surface area contributed by atoms with Crippen LogP contribution in [0.5, 0.6) is 11.5 Å². The highest BCUT2D eigenvalue weighted by Gasteiger charge is 2.20. The maximum Gasteiger partial charge on any atom is 0.165 e. The monoisotopic (exact) mass is 260 g/mol. The number of nitrogens with one attached hydrogen (secondary N) is 1. The van der Waals surface area contributed by atoms with Gasteiger partial charge in [0.05, 0.1) is 32.2 Å². The van der Waals surface area contributed by atoms with E-state index in [9.17, 15) is 0 Å². The van der Waals surface area contributed by atoms with Gasteiger partial charge in [-0.05, 0) is 6.07 Å². The molecule has 0 fully saturated rings. The second-order valence-corrected chi connectivity index (χ2v) is 3.81. The van der Waals surface area contributed by atoms with Crippen molar-refractivity contribution in [3.63, 3.8) is 0 Å². The van der Waals surface area contributed by atoms with Gasteiger partial charge in [0, 0.05) is 18.0 Å². The highest BCUT2D eigenvalue weighted by molar-refractivity contribution is 5.49. The molecule has 1 aromatic heterocycles. The summed E-state index contributed by atoms with van der Waals surface area (Å²) in [6, 6.07) is 5.28. The molecule has 0 spiro atoms. The number of benzene rings is 1. The third-order valence-corrected chi connectivity index (χ3v) is 2.79. The number of ether oxygens (including phenoxy) is 2. The molecule has 0 saturated carbocycles. The minimum absolute atomic E-state index is 0.321. The molecule has 0 aliphatic rings. The Labute approximate surface area is 111 Å². The lowest BCUT2D eigenvalue weighted by Gasteiger charge is -2.19. The van der Waals surface area contributed by atoms with Gasteiger partial charge >= 0.3 is 0 Å². The summed E-state index contributed by atoms with van der Waals surface area (Å²) in [6.45, 7) is 0. The minimum Gasteiger partial charge on any atom is -0.493 e. The molecule has 3 N–H and O–H groups in total. The number of hydrogen-bond acceptors (Lipinski definition) is 6. The summed E-state index contributed by atoms with van der Waals surface area (Å²) in [4.78, 5) is 8.30. The van der Waals surface area contributed by atoms with Crippen molar-refractivity contribution in [2.45, 2.75) is 6.04 Å². The van der Waals surface area contributed by atoms with Crippen LogP contribution in [0.25, 0.3) is 0 Å². The Balaban J connectivity index is 2.50. The molecule has 0 bridgehead atoms. The third kappa shape index (κ3) is 2.64. The molecule has 1 aromatic carbocycles. The zero-order chi connectivity index (χ0) is 13.7. The second-order valence-electron chi connectivity index (χ2n) is 3.81. The van der Waals surface area contributed by atoms with E-state index in [0.29, 0.717) is 17.2 Å². The maximum absolute atomic E-state index is 5.64. The Morgan fingerprint density at radius 3 is 2.63 bits per heavy atom. The van der Waals surface area contributed by atoms with Gasteiger partial charge in [0.15, 0.2) is 11.5 Å². The molecule has 2 aromatic rings. The standard InChI is InChI=1S/C13H16N4O2/c1-18-11-5-3-4-9(13(11)19-2)12(17-14)10-8-15-6-7-16-10/h3-8,12,17H,14H2,1-2H3. The van der Waals surface area contributed by atoms with Crippen LogP contribution >= 0.6 is 0 Å². The lowest BCUT2D eigenvalue weighted by atomic mass is 10.0. The van der Waals surface area contributed by atoms with Crippen molar-refractivity contribution in [3.05, 3.63) is 48.0 Å². The van der Waals surface area contributed by atoms with E-state index in [4.69, 9.17) is 15.3 Å². The molecule has 6 nitrogen and oxygen atoms in total. The second kappa shape index (κ2) is 6.12. The Hall–Kier alpha value is -2.18. The zero-order valence-electron chi connectivity index (χ0n) is 10.8. The van der Waals surface area contributed by atoms with Crippen LogP contribution in [-0.2, 0) is 0 Å². The van der Waals surface area contributed by atoms with Gasteiger partial charge in [-0.2, -0.15) is 0 Å². The molecule has 0 aliphatic heterocycles. The highest BCUT2D eigenvalue weighted by atomic mass is 16.5. The Morgan fingerprint density at radius 2 is 2.05 bits per heavy atom. The van der Waals surface area contributed by atoms with Crippen molar-refractivity contribution in [2.75, 3.05) is 14.2 Å². The lowest BCUT2D eigenvalue weighted by molar-refractivity contribution is 0.348. The van der Waals surface area contributed by atoms with Crippen molar-refractivity contribution in [1.29, 1.82) is 0 Å². The van der Waals surface area contributed by atoms with E-state index < -0.39 is 0 Å². The summed E-state index contributed by atoms with van der Waals surface area (Å²) in [5.41, 5.74) is 4.27. The van der Waals surface area contributed by atoms with Crippen LogP contribution in [0.3, 0.4) is 0 Å². The molecule has 0 amide bonds. The molecule has 0 aliphatic carbocycles. The number of methoxy groups -OCH3 is 2. The largest absolute Gasteiger partial charge is 0.493 e. The molecule has 0 radical (unpaired) electrons. The molecule has 0 saturated heterocycles. The van der Waals surface area contributed by atoms with Crippen LogP contribution in [0.1, 0.15) is 17.3 Å². The number of aromatic nitrogens is 2.